The molecule has 0 aliphatic rings. The van der Waals surface area contributed by atoms with Crippen molar-refractivity contribution in [3.8, 4) is 0 Å². The van der Waals surface area contributed by atoms with E-state index in [1.165, 1.54) is 0 Å². The maximum atomic E-state index is 9.15. The summed E-state index contributed by atoms with van der Waals surface area (Å²) in [6.07, 6.45) is 0. The largest absolute Gasteiger partial charge is 0.572 e. The monoisotopic (exact) mass is 130 g/mol. The van der Waals surface area contributed by atoms with Gasteiger partial charge in [0, 0.05) is 0 Å². The Bertz CT molecular complexity index is 68.5. The van der Waals surface area contributed by atoms with Gasteiger partial charge in [-0.05, 0) is 0 Å². The highest BCUT2D eigenvalue weighted by Crippen LogP contribution is 1.71. The minimum atomic E-state index is -2.69. The third-order valence-electron chi connectivity index (χ3n) is 0.115. The molecule has 0 saturated heterocycles. The van der Waals surface area contributed by atoms with Gasteiger partial charge in [-0.1, -0.05) is 0 Å². The van der Waals surface area contributed by atoms with Gasteiger partial charge in [0.05, 0.1) is 0 Å². The highest BCUT2D eigenvalue weighted by atomic mass is 35.6. The minimum Gasteiger partial charge on any atom is -0.301 e. The molecule has 0 saturated carbocycles. The van der Waals surface area contributed by atoms with E-state index in [1.807, 2.05) is 0 Å². The molecule has 0 amide bonds. The molecule has 0 aliphatic heterocycles. The third kappa shape index (κ3) is 5.41. The minimum absolute atomic E-state index is 1.18. The van der Waals surface area contributed by atoms with Gasteiger partial charge in [-0.3, -0.25) is 0 Å². The van der Waals surface area contributed by atoms with E-state index in [0.29, 0.717) is 0 Å². The second-order valence-corrected chi connectivity index (χ2v) is 1.01. The summed E-state index contributed by atoms with van der Waals surface area (Å²) in [6.45, 7) is 0. The molecule has 7 heteroatoms. The fourth-order valence-corrected chi connectivity index (χ4v) is 0.145. The number of halogens is 1. The van der Waals surface area contributed by atoms with Crippen LogP contribution in [0.4, 0.5) is 0 Å². The van der Waals surface area contributed by atoms with Gasteiger partial charge in [0.2, 0.25) is 4.39 Å². The molecule has 0 atom stereocenters. The Morgan fingerprint density at radius 3 is 2.14 bits per heavy atom. The second kappa shape index (κ2) is 2.56. The van der Waals surface area contributed by atoms with Crippen molar-refractivity contribution >= 4 is 0 Å². The summed E-state index contributed by atoms with van der Waals surface area (Å²) in [6, 6.07) is 0. The van der Waals surface area contributed by atoms with Crippen molar-refractivity contribution < 1.29 is 34.8 Å². The fraction of sp³-hybridized carbons (Fsp3) is 0. The van der Waals surface area contributed by atoms with E-state index in [0.717, 1.165) is 0 Å². The molecule has 0 spiro atoms. The van der Waals surface area contributed by atoms with Crippen LogP contribution < -0.4 is 9.32 Å². The second-order valence-electron chi connectivity index (χ2n) is 0.496. The van der Waals surface area contributed by atoms with Gasteiger partial charge >= 0.3 is 15.9 Å². The molecule has 0 fully saturated rings. The van der Waals surface area contributed by atoms with E-state index < -0.39 is 15.9 Å². The Balaban J connectivity index is 3.13. The van der Waals surface area contributed by atoms with Gasteiger partial charge < -0.3 is 9.32 Å². The van der Waals surface area contributed by atoms with E-state index >= 15 is 0 Å². The lowest BCUT2D eigenvalue weighted by molar-refractivity contribution is -1.68. The van der Waals surface area contributed by atoms with Crippen LogP contribution in [0.1, 0.15) is 0 Å². The molecule has 42 valence electrons. The number of rotatable bonds is 2. The molecular formula is HClNO5+. The summed E-state index contributed by atoms with van der Waals surface area (Å²) >= 11 is 0. The molecule has 0 aromatic heterocycles. The molecule has 0 aromatic rings. The predicted molar refractivity (Wildman–Crippen MR) is 6.50 cm³/mol. The van der Waals surface area contributed by atoms with Gasteiger partial charge in [-0.25, -0.2) is 0 Å². The van der Waals surface area contributed by atoms with Crippen LogP contribution in [-0.4, -0.2) is 10.3 Å². The first-order valence-corrected chi connectivity index (χ1v) is 1.95. The van der Waals surface area contributed by atoms with Crippen LogP contribution in [0.2, 0.25) is 0 Å². The molecule has 0 unspecified atom stereocenters. The molecular weight excluding hydrogens is 129 g/mol. The summed E-state index contributed by atoms with van der Waals surface area (Å²) in [5.74, 6) is 0. The average molecular weight is 130 g/mol. The Morgan fingerprint density at radius 2 is 2.14 bits per heavy atom. The SMILES string of the molecule is O=[N+](O)O[Cl+2]([O-])[O-]. The third-order valence-corrected chi connectivity index (χ3v) is 0.346. The molecule has 7 heavy (non-hydrogen) atoms. The molecule has 1 N–H and O–H groups in total. The maximum absolute atomic E-state index is 9.15. The lowest BCUT2D eigenvalue weighted by atomic mass is 13.1. The predicted octanol–water partition coefficient (Wildman–Crippen LogP) is -2.83. The van der Waals surface area contributed by atoms with Crippen molar-refractivity contribution in [3.05, 3.63) is 4.91 Å². The first-order valence-electron chi connectivity index (χ1n) is 1.03. The summed E-state index contributed by atoms with van der Waals surface area (Å²) in [5.41, 5.74) is 0. The van der Waals surface area contributed by atoms with Crippen molar-refractivity contribution in [2.45, 2.75) is 0 Å². The van der Waals surface area contributed by atoms with Gasteiger partial charge in [0.15, 0.2) is 0 Å². The van der Waals surface area contributed by atoms with Gasteiger partial charge in [-0.2, -0.15) is 5.21 Å². The van der Waals surface area contributed by atoms with Crippen LogP contribution in [-0.2, 0) is 4.39 Å². The Kier molecular flexibility index (Phi) is 2.34. The summed E-state index contributed by atoms with van der Waals surface area (Å²) in [7, 11) is -2.69. The first kappa shape index (κ1) is 6.41. The van der Waals surface area contributed by atoms with Crippen LogP contribution in [0.3, 0.4) is 0 Å². The van der Waals surface area contributed by atoms with Crippen LogP contribution in [0.5, 0.6) is 0 Å². The van der Waals surface area contributed by atoms with Gasteiger partial charge in [0.25, 0.3) is 0 Å². The van der Waals surface area contributed by atoms with Crippen LogP contribution in [0, 0.1) is 15.7 Å². The topological polar surface area (TPSA) is 95.7 Å². The quantitative estimate of drug-likeness (QED) is 0.407. The van der Waals surface area contributed by atoms with Crippen LogP contribution in [0.15, 0.2) is 0 Å². The highest BCUT2D eigenvalue weighted by molar-refractivity contribution is 3.57. The molecule has 0 radical (unpaired) electrons. The average Bonchev–Trinajstić information content (AvgIpc) is 1.27. The highest BCUT2D eigenvalue weighted by Gasteiger charge is 2.24. The lowest BCUT2D eigenvalue weighted by Gasteiger charge is -1.74. The maximum Gasteiger partial charge on any atom is 0.572 e. The van der Waals surface area contributed by atoms with Crippen molar-refractivity contribution in [2.75, 3.05) is 0 Å². The van der Waals surface area contributed by atoms with E-state index in [-0.39, 0.29) is 0 Å². The molecule has 6 nitrogen and oxygen atoms in total. The zero-order chi connectivity index (χ0) is 5.86. The zero-order valence-electron chi connectivity index (χ0n) is 2.91. The normalized spacial score (nSPS) is 9.00. The van der Waals surface area contributed by atoms with Crippen molar-refractivity contribution in [1.29, 1.82) is 0 Å². The van der Waals surface area contributed by atoms with E-state index in [4.69, 9.17) is 19.4 Å². The van der Waals surface area contributed by atoms with Gasteiger partial charge in [0.1, 0.15) is 4.91 Å². The molecule has 0 heterocycles. The van der Waals surface area contributed by atoms with Crippen LogP contribution >= 0.6 is 0 Å². The lowest BCUT2D eigenvalue weighted by Crippen LogP contribution is -2.36. The summed E-state index contributed by atoms with van der Waals surface area (Å²) in [4.78, 5) is 9.10. The first-order chi connectivity index (χ1) is 3.13. The van der Waals surface area contributed by atoms with E-state index in [2.05, 4.69) is 4.39 Å². The standard InChI is InChI=1S/ClHNO5/c3-1(4)7-2(5)6/h(H,5,6)/q+1. The zero-order valence-corrected chi connectivity index (χ0v) is 3.66. The molecule has 0 aromatic carbocycles. The summed E-state index contributed by atoms with van der Waals surface area (Å²) < 4.78 is 21.3. The Hall–Kier alpha value is -0.590. The number of hydrogen-bond acceptors (Lipinski definition) is 4. The van der Waals surface area contributed by atoms with E-state index in [9.17, 15) is 0 Å². The molecule has 0 bridgehead atoms. The van der Waals surface area contributed by atoms with Crippen molar-refractivity contribution in [2.24, 2.45) is 0 Å². The number of nitrogens with zero attached hydrogens (tertiary/aromatic N) is 1. The molecule has 0 rings (SSSR count). The fourth-order valence-electron chi connectivity index (χ4n) is 0.0482. The van der Waals surface area contributed by atoms with Gasteiger partial charge in [-0.15, -0.1) is 0 Å². The van der Waals surface area contributed by atoms with Crippen LogP contribution in [0.25, 0.3) is 0 Å². The summed E-state index contributed by atoms with van der Waals surface area (Å²) in [5, 5.41) is 6.20. The Labute approximate surface area is 40.8 Å². The molecule has 0 aliphatic carbocycles. The van der Waals surface area contributed by atoms with E-state index in [1.54, 1.807) is 0 Å². The Morgan fingerprint density at radius 1 is 1.71 bits per heavy atom. The van der Waals surface area contributed by atoms with Crippen molar-refractivity contribution in [3.63, 3.8) is 0 Å². The smallest absolute Gasteiger partial charge is 0.301 e. The van der Waals surface area contributed by atoms with Crippen molar-refractivity contribution in [1.82, 2.24) is 0 Å². The number of hydrogen-bond donors (Lipinski definition) is 1.